The van der Waals surface area contributed by atoms with Crippen LogP contribution in [0.25, 0.3) is 5.65 Å². The highest BCUT2D eigenvalue weighted by Gasteiger charge is 2.01. The van der Waals surface area contributed by atoms with Crippen LogP contribution in [0.5, 0.6) is 0 Å². The topological polar surface area (TPSA) is 46.1 Å². The maximum Gasteiger partial charge on any atom is 0.136 e. The molecule has 0 radical (unpaired) electrons. The summed E-state index contributed by atoms with van der Waals surface area (Å²) in [6, 6.07) is 10.0. The Kier molecular flexibility index (Phi) is 2.26. The van der Waals surface area contributed by atoms with E-state index in [0.29, 0.717) is 0 Å². The Morgan fingerprint density at radius 2 is 1.94 bits per heavy atom. The van der Waals surface area contributed by atoms with Gasteiger partial charge < -0.3 is 9.98 Å². The van der Waals surface area contributed by atoms with Crippen molar-refractivity contribution in [2.75, 3.05) is 0 Å². The molecular formula is C13H12N4. The fourth-order valence-corrected chi connectivity index (χ4v) is 1.92. The van der Waals surface area contributed by atoms with Crippen LogP contribution in [0.1, 0.15) is 11.1 Å². The number of nitrogens with one attached hydrogen (secondary N) is 1. The Hall–Kier alpha value is -2.36. The lowest BCUT2D eigenvalue weighted by Crippen LogP contribution is -1.98. The van der Waals surface area contributed by atoms with E-state index in [1.54, 1.807) is 6.20 Å². The largest absolute Gasteiger partial charge is 0.327 e. The first kappa shape index (κ1) is 9.84. The molecule has 0 saturated heterocycles. The van der Waals surface area contributed by atoms with Crippen LogP contribution in [-0.4, -0.2) is 20.4 Å². The van der Waals surface area contributed by atoms with E-state index < -0.39 is 0 Å². The van der Waals surface area contributed by atoms with Crippen molar-refractivity contribution in [2.24, 2.45) is 0 Å². The van der Waals surface area contributed by atoms with Crippen molar-refractivity contribution < 1.29 is 0 Å². The van der Waals surface area contributed by atoms with Gasteiger partial charge in [0.1, 0.15) is 5.65 Å². The van der Waals surface area contributed by atoms with Crippen LogP contribution in [0.3, 0.4) is 0 Å². The van der Waals surface area contributed by atoms with E-state index in [4.69, 9.17) is 5.41 Å². The van der Waals surface area contributed by atoms with Gasteiger partial charge in [-0.1, -0.05) is 24.3 Å². The minimum atomic E-state index is 0.820. The van der Waals surface area contributed by atoms with Gasteiger partial charge in [0.25, 0.3) is 0 Å². The van der Waals surface area contributed by atoms with Crippen molar-refractivity contribution in [1.29, 1.82) is 5.41 Å². The average molecular weight is 224 g/mol. The van der Waals surface area contributed by atoms with Crippen molar-refractivity contribution in [2.45, 2.75) is 6.54 Å². The van der Waals surface area contributed by atoms with Crippen LogP contribution < -0.4 is 0 Å². The summed E-state index contributed by atoms with van der Waals surface area (Å²) in [5.74, 6) is 0. The summed E-state index contributed by atoms with van der Waals surface area (Å²) in [4.78, 5) is 0. The molecule has 0 spiro atoms. The van der Waals surface area contributed by atoms with Gasteiger partial charge in [-0.15, -0.1) is 0 Å². The Bertz CT molecular complexity index is 645. The molecule has 3 aromatic rings. The number of benzene rings is 1. The summed E-state index contributed by atoms with van der Waals surface area (Å²) in [6.07, 6.45) is 7.12. The van der Waals surface area contributed by atoms with Gasteiger partial charge in [-0.05, 0) is 11.1 Å². The first-order valence-electron chi connectivity index (χ1n) is 5.45. The third kappa shape index (κ3) is 1.73. The standard InChI is InChI=1S/C13H12N4/c14-9-11-1-3-12(4-2-11)10-16-7-8-17-13(16)5-6-15-17/h1-9,14H,10H2. The normalized spacial score (nSPS) is 10.8. The van der Waals surface area contributed by atoms with E-state index in [1.165, 1.54) is 11.8 Å². The molecule has 0 aliphatic carbocycles. The lowest BCUT2D eigenvalue weighted by Gasteiger charge is -2.04. The van der Waals surface area contributed by atoms with Crippen molar-refractivity contribution in [3.63, 3.8) is 0 Å². The Balaban J connectivity index is 1.91. The molecule has 84 valence electrons. The summed E-state index contributed by atoms with van der Waals surface area (Å²) in [7, 11) is 0. The zero-order valence-electron chi connectivity index (χ0n) is 9.24. The number of rotatable bonds is 3. The second kappa shape index (κ2) is 3.90. The molecule has 0 fully saturated rings. The molecule has 17 heavy (non-hydrogen) atoms. The predicted octanol–water partition coefficient (Wildman–Crippen LogP) is 2.18. The molecule has 0 atom stereocenters. The molecule has 0 amide bonds. The number of aromatic nitrogens is 3. The highest BCUT2D eigenvalue weighted by Crippen LogP contribution is 2.09. The lowest BCUT2D eigenvalue weighted by atomic mass is 10.1. The van der Waals surface area contributed by atoms with E-state index in [0.717, 1.165) is 17.8 Å². The Morgan fingerprint density at radius 3 is 2.71 bits per heavy atom. The van der Waals surface area contributed by atoms with Gasteiger partial charge >= 0.3 is 0 Å². The maximum absolute atomic E-state index is 7.16. The zero-order chi connectivity index (χ0) is 11.7. The van der Waals surface area contributed by atoms with E-state index in [9.17, 15) is 0 Å². The molecule has 3 rings (SSSR count). The van der Waals surface area contributed by atoms with Crippen molar-refractivity contribution in [1.82, 2.24) is 14.2 Å². The molecule has 0 unspecified atom stereocenters. The summed E-state index contributed by atoms with van der Waals surface area (Å²) in [5.41, 5.74) is 3.23. The average Bonchev–Trinajstić information content (AvgIpc) is 2.95. The molecule has 2 heterocycles. The van der Waals surface area contributed by atoms with Crippen molar-refractivity contribution >= 4 is 11.9 Å². The molecule has 4 heteroatoms. The van der Waals surface area contributed by atoms with E-state index in [-0.39, 0.29) is 0 Å². The minimum Gasteiger partial charge on any atom is -0.327 e. The van der Waals surface area contributed by atoms with E-state index in [2.05, 4.69) is 9.67 Å². The molecule has 4 nitrogen and oxygen atoms in total. The number of hydrogen-bond donors (Lipinski definition) is 1. The monoisotopic (exact) mass is 224 g/mol. The molecule has 0 bridgehead atoms. The van der Waals surface area contributed by atoms with Crippen LogP contribution >= 0.6 is 0 Å². The lowest BCUT2D eigenvalue weighted by molar-refractivity contribution is 0.825. The maximum atomic E-state index is 7.16. The minimum absolute atomic E-state index is 0.820. The number of hydrogen-bond acceptors (Lipinski definition) is 2. The van der Waals surface area contributed by atoms with Crippen LogP contribution in [0.2, 0.25) is 0 Å². The van der Waals surface area contributed by atoms with Crippen molar-refractivity contribution in [3.05, 3.63) is 60.0 Å². The summed E-state index contributed by atoms with van der Waals surface area (Å²) in [5, 5.41) is 11.3. The number of fused-ring (bicyclic) bond motifs is 1. The molecule has 0 aliphatic heterocycles. The van der Waals surface area contributed by atoms with Gasteiger partial charge in [-0.3, -0.25) is 0 Å². The highest BCUT2D eigenvalue weighted by molar-refractivity contribution is 5.76. The molecular weight excluding hydrogens is 212 g/mol. The summed E-state index contributed by atoms with van der Waals surface area (Å²) < 4.78 is 4.00. The molecule has 0 aliphatic rings. The van der Waals surface area contributed by atoms with Gasteiger partial charge in [0, 0.05) is 31.2 Å². The smallest absolute Gasteiger partial charge is 0.136 e. The quantitative estimate of drug-likeness (QED) is 0.681. The third-order valence-corrected chi connectivity index (χ3v) is 2.83. The second-order valence-corrected chi connectivity index (χ2v) is 3.95. The van der Waals surface area contributed by atoms with Gasteiger partial charge in [-0.25, -0.2) is 4.52 Å². The van der Waals surface area contributed by atoms with Crippen LogP contribution in [-0.2, 0) is 6.54 Å². The zero-order valence-corrected chi connectivity index (χ0v) is 9.24. The fraction of sp³-hybridized carbons (Fsp3) is 0.0769. The predicted molar refractivity (Wildman–Crippen MR) is 66.6 cm³/mol. The number of imidazole rings is 1. The van der Waals surface area contributed by atoms with Gasteiger partial charge in [0.2, 0.25) is 0 Å². The highest BCUT2D eigenvalue weighted by atomic mass is 15.3. The van der Waals surface area contributed by atoms with Gasteiger partial charge in [-0.2, -0.15) is 5.10 Å². The van der Waals surface area contributed by atoms with Crippen LogP contribution in [0.4, 0.5) is 0 Å². The SMILES string of the molecule is N=Cc1ccc(Cn2ccn3nccc23)cc1. The number of nitrogens with zero attached hydrogens (tertiary/aromatic N) is 3. The fourth-order valence-electron chi connectivity index (χ4n) is 1.92. The molecule has 2 aromatic heterocycles. The summed E-state index contributed by atoms with van der Waals surface area (Å²) in [6.45, 7) is 0.820. The van der Waals surface area contributed by atoms with Gasteiger partial charge in [0.05, 0.1) is 6.20 Å². The Morgan fingerprint density at radius 1 is 1.12 bits per heavy atom. The Labute approximate surface area is 98.6 Å². The van der Waals surface area contributed by atoms with Crippen LogP contribution in [0.15, 0.2) is 48.9 Å². The van der Waals surface area contributed by atoms with E-state index >= 15 is 0 Å². The molecule has 1 aromatic carbocycles. The van der Waals surface area contributed by atoms with Gasteiger partial charge in [0.15, 0.2) is 0 Å². The first-order valence-corrected chi connectivity index (χ1v) is 5.45. The first-order chi connectivity index (χ1) is 8.36. The third-order valence-electron chi connectivity index (χ3n) is 2.83. The second-order valence-electron chi connectivity index (χ2n) is 3.95. The van der Waals surface area contributed by atoms with Crippen LogP contribution in [0, 0.1) is 5.41 Å². The van der Waals surface area contributed by atoms with E-state index in [1.807, 2.05) is 47.2 Å². The molecule has 1 N–H and O–H groups in total. The molecule has 0 saturated carbocycles. The van der Waals surface area contributed by atoms with Crippen molar-refractivity contribution in [3.8, 4) is 0 Å². The summed E-state index contributed by atoms with van der Waals surface area (Å²) >= 11 is 0.